The summed E-state index contributed by atoms with van der Waals surface area (Å²) in [5.74, 6) is 2.74. The summed E-state index contributed by atoms with van der Waals surface area (Å²) in [4.78, 5) is 30.8. The van der Waals surface area contributed by atoms with Crippen molar-refractivity contribution in [2.24, 2.45) is 5.92 Å². The van der Waals surface area contributed by atoms with Gasteiger partial charge in [0.25, 0.3) is 0 Å². The van der Waals surface area contributed by atoms with E-state index < -0.39 is 0 Å². The molecule has 4 heterocycles. The number of aromatic nitrogens is 2. The Kier molecular flexibility index (Phi) is 6.81. The maximum absolute atomic E-state index is 13.1. The molecule has 0 unspecified atom stereocenters. The topological polar surface area (TPSA) is 52.6 Å². The van der Waals surface area contributed by atoms with Crippen LogP contribution < -0.4 is 9.80 Å². The Morgan fingerprint density at radius 3 is 2.62 bits per heavy atom. The Bertz CT molecular complexity index is 1110. The van der Waals surface area contributed by atoms with Crippen LogP contribution in [-0.2, 0) is 30.7 Å². The van der Waals surface area contributed by atoms with Crippen LogP contribution in [0.2, 0.25) is 0 Å². The highest BCUT2D eigenvalue weighted by Gasteiger charge is 2.29. The molecule has 5 rings (SSSR count). The summed E-state index contributed by atoms with van der Waals surface area (Å²) in [7, 11) is 2.07. The van der Waals surface area contributed by atoms with Crippen LogP contribution in [0.15, 0.2) is 47.8 Å². The number of carbonyl (C=O) groups is 1. The lowest BCUT2D eigenvalue weighted by Crippen LogP contribution is -2.40. The summed E-state index contributed by atoms with van der Waals surface area (Å²) in [5, 5.41) is 2.03. The molecule has 7 heteroatoms. The zero-order valence-corrected chi connectivity index (χ0v) is 20.9. The van der Waals surface area contributed by atoms with Gasteiger partial charge in [-0.25, -0.2) is 4.98 Å². The van der Waals surface area contributed by atoms with E-state index in [1.54, 1.807) is 11.3 Å². The Morgan fingerprint density at radius 2 is 1.88 bits per heavy atom. The highest BCUT2D eigenvalue weighted by Crippen LogP contribution is 2.32. The average molecular weight is 476 g/mol. The van der Waals surface area contributed by atoms with Crippen LogP contribution in [0, 0.1) is 5.92 Å². The van der Waals surface area contributed by atoms with Crippen molar-refractivity contribution in [1.29, 1.82) is 0 Å². The van der Waals surface area contributed by atoms with Gasteiger partial charge in [0, 0.05) is 50.1 Å². The third-order valence-corrected chi connectivity index (χ3v) is 7.85. The summed E-state index contributed by atoms with van der Waals surface area (Å²) in [6, 6.07) is 14.5. The molecule has 0 bridgehead atoms. The minimum Gasteiger partial charge on any atom is -0.356 e. The van der Waals surface area contributed by atoms with Crippen molar-refractivity contribution in [3.63, 3.8) is 0 Å². The van der Waals surface area contributed by atoms with E-state index in [9.17, 15) is 4.79 Å². The number of carbonyl (C=O) groups excluding carboxylic acids is 1. The second kappa shape index (κ2) is 10.1. The first-order valence-corrected chi connectivity index (χ1v) is 13.1. The molecule has 0 N–H and O–H groups in total. The Hall–Kier alpha value is -2.93. The van der Waals surface area contributed by atoms with Gasteiger partial charge >= 0.3 is 0 Å². The lowest BCUT2D eigenvalue weighted by atomic mass is 9.98. The smallest absolute Gasteiger partial charge is 0.228 e. The van der Waals surface area contributed by atoms with E-state index in [-0.39, 0.29) is 5.91 Å². The minimum atomic E-state index is 0.191. The quantitative estimate of drug-likeness (QED) is 0.524. The number of rotatable bonds is 6. The van der Waals surface area contributed by atoms with Crippen LogP contribution in [-0.4, -0.2) is 47.5 Å². The molecular formula is C27H33N5OS. The van der Waals surface area contributed by atoms with Crippen LogP contribution in [0.4, 0.5) is 11.8 Å². The first-order valence-electron chi connectivity index (χ1n) is 12.3. The monoisotopic (exact) mass is 475 g/mol. The first kappa shape index (κ1) is 22.8. The highest BCUT2D eigenvalue weighted by molar-refractivity contribution is 7.10. The molecule has 0 atom stereocenters. The number of anilines is 2. The highest BCUT2D eigenvalue weighted by atomic mass is 32.1. The molecule has 0 spiro atoms. The third kappa shape index (κ3) is 5.09. The van der Waals surface area contributed by atoms with Crippen LogP contribution in [0.1, 0.15) is 41.5 Å². The molecule has 0 radical (unpaired) electrons. The number of thiophene rings is 1. The van der Waals surface area contributed by atoms with E-state index in [4.69, 9.17) is 9.97 Å². The van der Waals surface area contributed by atoms with Gasteiger partial charge in [-0.2, -0.15) is 4.98 Å². The van der Waals surface area contributed by atoms with E-state index in [0.29, 0.717) is 19.5 Å². The van der Waals surface area contributed by atoms with Crippen molar-refractivity contribution in [3.8, 4) is 0 Å². The second-order valence-electron chi connectivity index (χ2n) is 9.61. The summed E-state index contributed by atoms with van der Waals surface area (Å²) in [6.45, 7) is 6.43. The maximum atomic E-state index is 13.1. The predicted octanol–water partition coefficient (Wildman–Crippen LogP) is 4.54. The summed E-state index contributed by atoms with van der Waals surface area (Å²) in [5.41, 5.74) is 3.47. The minimum absolute atomic E-state index is 0.191. The van der Waals surface area contributed by atoms with E-state index in [2.05, 4.69) is 48.0 Å². The number of amides is 1. The van der Waals surface area contributed by atoms with Crippen molar-refractivity contribution in [2.75, 3.05) is 36.5 Å². The van der Waals surface area contributed by atoms with Crippen LogP contribution >= 0.6 is 11.3 Å². The fourth-order valence-corrected chi connectivity index (χ4v) is 5.55. The van der Waals surface area contributed by atoms with E-state index >= 15 is 0 Å². The van der Waals surface area contributed by atoms with E-state index in [1.807, 2.05) is 28.5 Å². The zero-order chi connectivity index (χ0) is 23.5. The van der Waals surface area contributed by atoms with Crippen LogP contribution in [0.5, 0.6) is 0 Å². The normalized spacial score (nSPS) is 16.4. The van der Waals surface area contributed by atoms with Crippen molar-refractivity contribution in [1.82, 2.24) is 14.9 Å². The van der Waals surface area contributed by atoms with Crippen LogP contribution in [0.3, 0.4) is 0 Å². The number of hydrogen-bond acceptors (Lipinski definition) is 6. The van der Waals surface area contributed by atoms with Gasteiger partial charge in [0.05, 0.1) is 18.7 Å². The summed E-state index contributed by atoms with van der Waals surface area (Å²) < 4.78 is 0. The Balaban J connectivity index is 1.42. The Morgan fingerprint density at radius 1 is 1.09 bits per heavy atom. The molecular weight excluding hydrogens is 442 g/mol. The zero-order valence-electron chi connectivity index (χ0n) is 20.1. The lowest BCUT2D eigenvalue weighted by Gasteiger charge is -2.36. The van der Waals surface area contributed by atoms with Crippen molar-refractivity contribution in [3.05, 3.63) is 69.5 Å². The largest absolute Gasteiger partial charge is 0.356 e. The second-order valence-corrected chi connectivity index (χ2v) is 10.6. The predicted molar refractivity (Wildman–Crippen MR) is 138 cm³/mol. The van der Waals surface area contributed by atoms with Gasteiger partial charge < -0.3 is 14.7 Å². The molecule has 1 fully saturated rings. The Labute approximate surface area is 206 Å². The van der Waals surface area contributed by atoms with Crippen molar-refractivity contribution >= 4 is 29.0 Å². The molecule has 6 nitrogen and oxygen atoms in total. The molecule has 1 aromatic carbocycles. The SMILES string of the molecule is CC1CCN(c2nc(N(C)Cc3ccccc3)nc3c2CN(C(=O)Cc2cccs2)CC3)CC1. The standard InChI is InChI=1S/C27H33N5OS/c1-20-10-13-31(14-11-20)26-23-19-32(25(33)17-22-9-6-16-34-22)15-12-24(23)28-27(29-26)30(2)18-21-7-4-3-5-8-21/h3-9,16,20H,10-15,17-19H2,1-2H3. The fourth-order valence-electron chi connectivity index (χ4n) is 4.85. The third-order valence-electron chi connectivity index (χ3n) is 6.97. The lowest BCUT2D eigenvalue weighted by molar-refractivity contribution is -0.131. The molecule has 3 aromatic rings. The van der Waals surface area contributed by atoms with E-state index in [1.165, 1.54) is 18.4 Å². The molecule has 1 saturated heterocycles. The molecule has 2 aliphatic heterocycles. The molecule has 178 valence electrons. The van der Waals surface area contributed by atoms with Gasteiger partial charge in [-0.05, 0) is 35.8 Å². The van der Waals surface area contributed by atoms with Gasteiger partial charge in [0.15, 0.2) is 0 Å². The van der Waals surface area contributed by atoms with Gasteiger partial charge in [-0.1, -0.05) is 43.3 Å². The van der Waals surface area contributed by atoms with Crippen molar-refractivity contribution < 1.29 is 4.79 Å². The number of benzene rings is 1. The van der Waals surface area contributed by atoms with E-state index in [0.717, 1.165) is 59.9 Å². The molecule has 2 aliphatic rings. The number of hydrogen-bond donors (Lipinski definition) is 0. The van der Waals surface area contributed by atoms with Gasteiger partial charge in [-0.3, -0.25) is 4.79 Å². The molecule has 34 heavy (non-hydrogen) atoms. The van der Waals surface area contributed by atoms with Gasteiger partial charge in [0.1, 0.15) is 5.82 Å². The number of fused-ring (bicyclic) bond motifs is 1. The number of piperidine rings is 1. The molecule has 0 saturated carbocycles. The fraction of sp³-hybridized carbons (Fsp3) is 0.444. The molecule has 1 amide bonds. The van der Waals surface area contributed by atoms with Gasteiger partial charge in [-0.15, -0.1) is 11.3 Å². The summed E-state index contributed by atoms with van der Waals surface area (Å²) >= 11 is 1.65. The molecule has 0 aliphatic carbocycles. The number of nitrogens with zero attached hydrogens (tertiary/aromatic N) is 5. The van der Waals surface area contributed by atoms with Crippen LogP contribution in [0.25, 0.3) is 0 Å². The van der Waals surface area contributed by atoms with Crippen molar-refractivity contribution in [2.45, 2.75) is 45.7 Å². The average Bonchev–Trinajstić information content (AvgIpc) is 3.37. The summed E-state index contributed by atoms with van der Waals surface area (Å²) in [6.07, 6.45) is 3.60. The van der Waals surface area contributed by atoms with Gasteiger partial charge in [0.2, 0.25) is 11.9 Å². The maximum Gasteiger partial charge on any atom is 0.228 e. The molecule has 2 aromatic heterocycles. The first-order chi connectivity index (χ1) is 16.6.